The van der Waals surface area contributed by atoms with Gasteiger partial charge in [0.25, 0.3) is 0 Å². The first-order valence-corrected chi connectivity index (χ1v) is 7.95. The Labute approximate surface area is 158 Å². The maximum Gasteiger partial charge on any atom is 0.245 e. The van der Waals surface area contributed by atoms with Gasteiger partial charge in [-0.15, -0.1) is 0 Å². The molecular formula is C21H21BrN2O. The van der Waals surface area contributed by atoms with E-state index in [4.69, 9.17) is 0 Å². The van der Waals surface area contributed by atoms with E-state index >= 15 is 0 Å². The van der Waals surface area contributed by atoms with Crippen LogP contribution in [-0.4, -0.2) is 10.0 Å². The van der Waals surface area contributed by atoms with Gasteiger partial charge in [0.1, 0.15) is 13.1 Å². The van der Waals surface area contributed by atoms with Crippen molar-refractivity contribution in [3.63, 3.8) is 0 Å². The second-order valence-corrected chi connectivity index (χ2v) is 5.83. The molecule has 2 N–H and O–H groups in total. The van der Waals surface area contributed by atoms with Gasteiger partial charge < -0.3 is 22.5 Å². The van der Waals surface area contributed by atoms with Gasteiger partial charge in [-0.2, -0.15) is 0 Å². The highest BCUT2D eigenvalue weighted by Crippen LogP contribution is 2.14. The van der Waals surface area contributed by atoms with Crippen molar-refractivity contribution in [1.29, 1.82) is 0 Å². The lowest BCUT2D eigenvalue weighted by atomic mass is 10.2. The zero-order valence-corrected chi connectivity index (χ0v) is 15.4. The molecule has 4 rings (SSSR count). The predicted octanol–water partition coefficient (Wildman–Crippen LogP) is 0.205. The molecule has 3 nitrogen and oxygen atoms in total. The molecule has 4 aromatic rings. The molecule has 0 saturated heterocycles. The van der Waals surface area contributed by atoms with Gasteiger partial charge in [-0.05, 0) is 23.3 Å². The lowest BCUT2D eigenvalue weighted by Gasteiger charge is -1.98. The molecule has 0 aliphatic heterocycles. The van der Waals surface area contributed by atoms with Crippen LogP contribution < -0.4 is 21.5 Å². The van der Waals surface area contributed by atoms with E-state index in [1.165, 1.54) is 22.2 Å². The lowest BCUT2D eigenvalue weighted by Crippen LogP contribution is -3.00. The van der Waals surface area contributed by atoms with Crippen LogP contribution in [-0.2, 0) is 13.1 Å². The Morgan fingerprint density at radius 2 is 1.24 bits per heavy atom. The number of benzene rings is 3. The maximum atomic E-state index is 2.33. The number of hydrogen-bond donors (Lipinski definition) is 0. The second kappa shape index (κ2) is 8.60. The number of imidazole rings is 1. The zero-order valence-electron chi connectivity index (χ0n) is 13.8. The van der Waals surface area contributed by atoms with E-state index in [2.05, 4.69) is 100 Å². The van der Waals surface area contributed by atoms with Crippen LogP contribution in [0.3, 0.4) is 0 Å². The summed E-state index contributed by atoms with van der Waals surface area (Å²) in [5.74, 6) is 0. The van der Waals surface area contributed by atoms with E-state index < -0.39 is 0 Å². The van der Waals surface area contributed by atoms with E-state index in [0.717, 1.165) is 13.1 Å². The van der Waals surface area contributed by atoms with Crippen LogP contribution in [0.2, 0.25) is 0 Å². The SMILES string of the molecule is O.[Br-].c1ccc(Cn2c[n+](Cc3ccccc3)c3ccccc32)cc1. The van der Waals surface area contributed by atoms with E-state index in [-0.39, 0.29) is 22.5 Å². The van der Waals surface area contributed by atoms with E-state index in [1.54, 1.807) is 0 Å². The monoisotopic (exact) mass is 396 g/mol. The van der Waals surface area contributed by atoms with E-state index in [0.29, 0.717) is 0 Å². The molecule has 0 unspecified atom stereocenters. The summed E-state index contributed by atoms with van der Waals surface area (Å²) in [5.41, 5.74) is 5.18. The summed E-state index contributed by atoms with van der Waals surface area (Å²) in [6.07, 6.45) is 2.23. The summed E-state index contributed by atoms with van der Waals surface area (Å²) < 4.78 is 4.65. The Kier molecular flexibility index (Phi) is 6.51. The van der Waals surface area contributed by atoms with Crippen LogP contribution in [0.4, 0.5) is 0 Å². The molecule has 0 fully saturated rings. The van der Waals surface area contributed by atoms with Gasteiger partial charge in [-0.25, -0.2) is 9.13 Å². The van der Waals surface area contributed by atoms with Gasteiger partial charge in [0.15, 0.2) is 11.0 Å². The second-order valence-electron chi connectivity index (χ2n) is 5.83. The largest absolute Gasteiger partial charge is 1.00 e. The molecule has 25 heavy (non-hydrogen) atoms. The first-order chi connectivity index (χ1) is 11.4. The Morgan fingerprint density at radius 3 is 1.92 bits per heavy atom. The van der Waals surface area contributed by atoms with Crippen molar-refractivity contribution in [1.82, 2.24) is 4.57 Å². The minimum Gasteiger partial charge on any atom is -1.00 e. The molecule has 1 aromatic heterocycles. The summed E-state index contributed by atoms with van der Waals surface area (Å²) in [6, 6.07) is 29.8. The molecular weight excluding hydrogens is 376 g/mol. The third kappa shape index (κ3) is 4.16. The third-order valence-electron chi connectivity index (χ3n) is 4.17. The van der Waals surface area contributed by atoms with Gasteiger partial charge >= 0.3 is 0 Å². The summed E-state index contributed by atoms with van der Waals surface area (Å²) >= 11 is 0. The van der Waals surface area contributed by atoms with Gasteiger partial charge in [0.05, 0.1) is 0 Å². The van der Waals surface area contributed by atoms with Crippen LogP contribution in [0.25, 0.3) is 11.0 Å². The molecule has 0 spiro atoms. The molecule has 1 heterocycles. The van der Waals surface area contributed by atoms with Crippen molar-refractivity contribution in [3.05, 3.63) is 102 Å². The number of rotatable bonds is 4. The average molecular weight is 397 g/mol. The van der Waals surface area contributed by atoms with Crippen LogP contribution in [0.1, 0.15) is 11.1 Å². The average Bonchev–Trinajstić information content (AvgIpc) is 2.95. The fourth-order valence-electron chi connectivity index (χ4n) is 3.05. The number of aromatic nitrogens is 2. The summed E-state index contributed by atoms with van der Waals surface area (Å²) in [7, 11) is 0. The van der Waals surface area contributed by atoms with Gasteiger partial charge in [0.2, 0.25) is 6.33 Å². The number of nitrogens with zero attached hydrogens (tertiary/aromatic N) is 2. The Hall–Kier alpha value is -2.43. The van der Waals surface area contributed by atoms with Crippen molar-refractivity contribution in [3.8, 4) is 0 Å². The Morgan fingerprint density at radius 1 is 0.680 bits per heavy atom. The van der Waals surface area contributed by atoms with Gasteiger partial charge in [-0.3, -0.25) is 0 Å². The van der Waals surface area contributed by atoms with E-state index in [1.807, 2.05) is 0 Å². The van der Waals surface area contributed by atoms with E-state index in [9.17, 15) is 0 Å². The smallest absolute Gasteiger partial charge is 0.245 e. The van der Waals surface area contributed by atoms with Crippen LogP contribution in [0, 0.1) is 0 Å². The molecule has 0 saturated carbocycles. The first-order valence-electron chi connectivity index (χ1n) is 7.95. The lowest BCUT2D eigenvalue weighted by molar-refractivity contribution is -0.663. The quantitative estimate of drug-likeness (QED) is 0.442. The molecule has 128 valence electrons. The Bertz CT molecular complexity index is 845. The topological polar surface area (TPSA) is 40.3 Å². The first kappa shape index (κ1) is 18.9. The van der Waals surface area contributed by atoms with Crippen molar-refractivity contribution < 1.29 is 27.0 Å². The normalized spacial score (nSPS) is 10.1. The third-order valence-corrected chi connectivity index (χ3v) is 4.17. The minimum absolute atomic E-state index is 0. The van der Waals surface area contributed by atoms with Crippen molar-refractivity contribution >= 4 is 11.0 Å². The predicted molar refractivity (Wildman–Crippen MR) is 96.8 cm³/mol. The maximum absolute atomic E-state index is 2.33. The standard InChI is InChI=1S/C21H19N2.BrH.H2O/c1-3-9-18(10-4-1)15-22-17-23(16-19-11-5-2-6-12-19)21-14-8-7-13-20(21)22;;/h1-14,17H,15-16H2;1H;1H2/q+1;;/p-1. The zero-order chi connectivity index (χ0) is 15.5. The van der Waals surface area contributed by atoms with Crippen LogP contribution in [0.15, 0.2) is 91.3 Å². The van der Waals surface area contributed by atoms with Crippen LogP contribution in [0.5, 0.6) is 0 Å². The molecule has 0 aliphatic carbocycles. The van der Waals surface area contributed by atoms with Gasteiger partial charge in [0, 0.05) is 0 Å². The summed E-state index contributed by atoms with van der Waals surface area (Å²) in [4.78, 5) is 0. The molecule has 0 bridgehead atoms. The summed E-state index contributed by atoms with van der Waals surface area (Å²) in [5, 5.41) is 0. The molecule has 3 aromatic carbocycles. The van der Waals surface area contributed by atoms with Gasteiger partial charge in [-0.1, -0.05) is 72.8 Å². The highest BCUT2D eigenvalue weighted by Gasteiger charge is 2.15. The molecule has 0 atom stereocenters. The number of hydrogen-bond acceptors (Lipinski definition) is 0. The molecule has 0 amide bonds. The van der Waals surface area contributed by atoms with Crippen LogP contribution >= 0.6 is 0 Å². The Balaban J connectivity index is 0.00000113. The molecule has 0 aliphatic rings. The van der Waals surface area contributed by atoms with Crippen molar-refractivity contribution in [2.45, 2.75) is 13.1 Å². The fraction of sp³-hybridized carbons (Fsp3) is 0.0952. The van der Waals surface area contributed by atoms with Crippen molar-refractivity contribution in [2.75, 3.05) is 0 Å². The molecule has 4 heteroatoms. The summed E-state index contributed by atoms with van der Waals surface area (Å²) in [6.45, 7) is 1.78. The highest BCUT2D eigenvalue weighted by atomic mass is 79.9. The number of para-hydroxylation sites is 2. The number of halogens is 1. The molecule has 0 radical (unpaired) electrons. The number of fused-ring (bicyclic) bond motifs is 1. The highest BCUT2D eigenvalue weighted by molar-refractivity contribution is 5.71. The minimum atomic E-state index is 0. The fourth-order valence-corrected chi connectivity index (χ4v) is 3.05. The van der Waals surface area contributed by atoms with Crippen molar-refractivity contribution in [2.24, 2.45) is 0 Å².